The van der Waals surface area contributed by atoms with Gasteiger partial charge in [-0.2, -0.15) is 5.10 Å². The Kier molecular flexibility index (Phi) is 4.16. The maximum Gasteiger partial charge on any atom is 0.356 e. The van der Waals surface area contributed by atoms with Crippen LogP contribution in [0.5, 0.6) is 0 Å². The first-order chi connectivity index (χ1) is 11.0. The van der Waals surface area contributed by atoms with Crippen LogP contribution in [-0.2, 0) is 13.1 Å². The number of carboxylic acids is 1. The fourth-order valence-electron chi connectivity index (χ4n) is 2.77. The summed E-state index contributed by atoms with van der Waals surface area (Å²) in [7, 11) is 0. The van der Waals surface area contributed by atoms with Crippen LogP contribution in [0.25, 0.3) is 10.9 Å². The Labute approximate surface area is 134 Å². The molecule has 2 heterocycles. The van der Waals surface area contributed by atoms with Gasteiger partial charge < -0.3 is 15.4 Å². The van der Waals surface area contributed by atoms with E-state index in [1.807, 2.05) is 0 Å². The highest BCUT2D eigenvalue weighted by atomic mass is 16.4. The van der Waals surface area contributed by atoms with Crippen molar-refractivity contribution < 1.29 is 9.90 Å². The van der Waals surface area contributed by atoms with Crippen molar-refractivity contribution in [3.05, 3.63) is 53.0 Å². The molecule has 0 radical (unpaired) electrons. The van der Waals surface area contributed by atoms with Crippen molar-refractivity contribution in [1.29, 1.82) is 0 Å². The number of carboxylic acid groups (broad SMARTS) is 1. The van der Waals surface area contributed by atoms with Crippen molar-refractivity contribution in [3.63, 3.8) is 0 Å². The number of benzene rings is 1. The van der Waals surface area contributed by atoms with Crippen LogP contribution in [0.1, 0.15) is 27.3 Å². The van der Waals surface area contributed by atoms with E-state index in [0.29, 0.717) is 13.1 Å². The Morgan fingerprint density at radius 3 is 2.91 bits per heavy atom. The second kappa shape index (κ2) is 6.26. The molecule has 0 bridgehead atoms. The number of aromatic amines is 1. The number of nitrogens with zero attached hydrogens (tertiary/aromatic N) is 2. The Morgan fingerprint density at radius 1 is 1.35 bits per heavy atom. The first-order valence-electron chi connectivity index (χ1n) is 7.59. The third kappa shape index (κ3) is 3.43. The van der Waals surface area contributed by atoms with Crippen LogP contribution in [0.4, 0.5) is 0 Å². The van der Waals surface area contributed by atoms with Crippen LogP contribution < -0.4 is 5.32 Å². The van der Waals surface area contributed by atoms with Crippen LogP contribution >= 0.6 is 0 Å². The molecule has 2 aromatic heterocycles. The van der Waals surface area contributed by atoms with Crippen molar-refractivity contribution in [2.24, 2.45) is 0 Å². The number of nitrogens with one attached hydrogen (secondary N) is 2. The summed E-state index contributed by atoms with van der Waals surface area (Å²) in [5, 5.41) is 17.4. The third-order valence-electron chi connectivity index (χ3n) is 3.84. The normalized spacial score (nSPS) is 11.2. The van der Waals surface area contributed by atoms with Gasteiger partial charge in [0.25, 0.3) is 0 Å². The van der Waals surface area contributed by atoms with E-state index < -0.39 is 5.97 Å². The third-order valence-corrected chi connectivity index (χ3v) is 3.84. The molecule has 0 fully saturated rings. The minimum absolute atomic E-state index is 0.0754. The van der Waals surface area contributed by atoms with Crippen LogP contribution in [0, 0.1) is 13.8 Å². The lowest BCUT2D eigenvalue weighted by atomic mass is 10.1. The minimum Gasteiger partial charge on any atom is -0.476 e. The maximum atomic E-state index is 10.8. The van der Waals surface area contributed by atoms with Gasteiger partial charge in [0.05, 0.1) is 6.54 Å². The molecule has 6 heteroatoms. The van der Waals surface area contributed by atoms with Crippen LogP contribution in [-0.4, -0.2) is 32.4 Å². The summed E-state index contributed by atoms with van der Waals surface area (Å²) in [6, 6.07) is 8.02. The van der Waals surface area contributed by atoms with Gasteiger partial charge in [0.2, 0.25) is 0 Å². The number of H-pyrrole nitrogens is 1. The molecule has 0 atom stereocenters. The summed E-state index contributed by atoms with van der Waals surface area (Å²) in [6.45, 7) is 6.30. The van der Waals surface area contributed by atoms with E-state index in [2.05, 4.69) is 47.4 Å². The molecule has 3 rings (SSSR count). The number of hydrogen-bond acceptors (Lipinski definition) is 3. The van der Waals surface area contributed by atoms with Gasteiger partial charge in [-0.3, -0.25) is 4.68 Å². The molecule has 120 valence electrons. The van der Waals surface area contributed by atoms with E-state index in [-0.39, 0.29) is 5.69 Å². The number of fused-ring (bicyclic) bond motifs is 1. The van der Waals surface area contributed by atoms with Crippen molar-refractivity contribution in [3.8, 4) is 0 Å². The van der Waals surface area contributed by atoms with E-state index in [1.54, 1.807) is 10.9 Å². The molecule has 0 amide bonds. The summed E-state index contributed by atoms with van der Waals surface area (Å²) in [6.07, 6.45) is 1.68. The molecule has 3 N–H and O–H groups in total. The van der Waals surface area contributed by atoms with E-state index in [9.17, 15) is 4.79 Å². The average Bonchev–Trinajstić information content (AvgIpc) is 3.10. The maximum absolute atomic E-state index is 10.8. The first-order valence-corrected chi connectivity index (χ1v) is 7.59. The van der Waals surface area contributed by atoms with Gasteiger partial charge in [0.15, 0.2) is 5.69 Å². The average molecular weight is 312 g/mol. The summed E-state index contributed by atoms with van der Waals surface area (Å²) < 4.78 is 1.63. The number of aromatic carboxylic acids is 1. The largest absolute Gasteiger partial charge is 0.476 e. The first kappa shape index (κ1) is 15.3. The Hall–Kier alpha value is -2.60. The molecule has 6 nitrogen and oxygen atoms in total. The molecule has 0 aliphatic heterocycles. The zero-order chi connectivity index (χ0) is 16.4. The Balaban J connectivity index is 1.56. The quantitative estimate of drug-likeness (QED) is 0.611. The monoisotopic (exact) mass is 312 g/mol. The van der Waals surface area contributed by atoms with Gasteiger partial charge in [-0.15, -0.1) is 0 Å². The van der Waals surface area contributed by atoms with Crippen LogP contribution in [0.3, 0.4) is 0 Å². The second-order valence-electron chi connectivity index (χ2n) is 5.78. The zero-order valence-electron chi connectivity index (χ0n) is 13.3. The van der Waals surface area contributed by atoms with Crippen molar-refractivity contribution >= 4 is 16.9 Å². The lowest BCUT2D eigenvalue weighted by Gasteiger charge is -2.03. The number of aromatic nitrogens is 3. The topological polar surface area (TPSA) is 82.9 Å². The van der Waals surface area contributed by atoms with Crippen molar-refractivity contribution in [2.45, 2.75) is 26.9 Å². The van der Waals surface area contributed by atoms with Crippen LogP contribution in [0.15, 0.2) is 30.5 Å². The second-order valence-corrected chi connectivity index (χ2v) is 5.78. The molecule has 23 heavy (non-hydrogen) atoms. The number of rotatable bonds is 6. The lowest BCUT2D eigenvalue weighted by Crippen LogP contribution is -2.20. The predicted molar refractivity (Wildman–Crippen MR) is 88.7 cm³/mol. The fourth-order valence-corrected chi connectivity index (χ4v) is 2.77. The summed E-state index contributed by atoms with van der Waals surface area (Å²) in [5.41, 5.74) is 4.91. The van der Waals surface area contributed by atoms with Crippen LogP contribution in [0.2, 0.25) is 0 Å². The molecule has 0 spiro atoms. The smallest absolute Gasteiger partial charge is 0.356 e. The van der Waals surface area contributed by atoms with E-state index >= 15 is 0 Å². The SMILES string of the molecule is Cc1cc(C)c2cc(CNCCn3ccc(C(=O)O)n3)[nH]c2c1. The fraction of sp³-hybridized carbons (Fsp3) is 0.294. The molecule has 0 unspecified atom stereocenters. The number of carbonyl (C=O) groups is 1. The highest BCUT2D eigenvalue weighted by molar-refractivity contribution is 5.85. The standard InChI is InChI=1S/C17H20N4O2/c1-11-7-12(2)14-9-13(19-16(14)8-11)10-18-4-6-21-5-3-15(20-21)17(22)23/h3,5,7-9,18-19H,4,6,10H2,1-2H3,(H,22,23). The lowest BCUT2D eigenvalue weighted by molar-refractivity contribution is 0.0689. The van der Waals surface area contributed by atoms with E-state index in [1.165, 1.54) is 22.6 Å². The minimum atomic E-state index is -1.000. The molecular weight excluding hydrogens is 292 g/mol. The highest BCUT2D eigenvalue weighted by Gasteiger charge is 2.06. The van der Waals surface area contributed by atoms with Crippen molar-refractivity contribution in [1.82, 2.24) is 20.1 Å². The van der Waals surface area contributed by atoms with E-state index in [0.717, 1.165) is 17.8 Å². The molecule has 0 aliphatic carbocycles. The van der Waals surface area contributed by atoms with Gasteiger partial charge in [0, 0.05) is 35.9 Å². The highest BCUT2D eigenvalue weighted by Crippen LogP contribution is 2.21. The molecular formula is C17H20N4O2. The van der Waals surface area contributed by atoms with Gasteiger partial charge in [0.1, 0.15) is 0 Å². The number of hydrogen-bond donors (Lipinski definition) is 3. The molecule has 0 aliphatic rings. The summed E-state index contributed by atoms with van der Waals surface area (Å²) >= 11 is 0. The zero-order valence-corrected chi connectivity index (χ0v) is 13.3. The van der Waals surface area contributed by atoms with Gasteiger partial charge in [-0.25, -0.2) is 4.79 Å². The number of aryl methyl sites for hydroxylation is 2. The molecule has 3 aromatic rings. The Bertz CT molecular complexity index is 848. The van der Waals surface area contributed by atoms with Gasteiger partial charge in [-0.05, 0) is 43.2 Å². The van der Waals surface area contributed by atoms with E-state index in [4.69, 9.17) is 5.11 Å². The van der Waals surface area contributed by atoms with Gasteiger partial charge >= 0.3 is 5.97 Å². The molecule has 0 saturated carbocycles. The molecule has 0 saturated heterocycles. The van der Waals surface area contributed by atoms with Gasteiger partial charge in [-0.1, -0.05) is 6.07 Å². The Morgan fingerprint density at radius 2 is 2.17 bits per heavy atom. The molecule has 1 aromatic carbocycles. The predicted octanol–water partition coefficient (Wildman–Crippen LogP) is 2.47. The van der Waals surface area contributed by atoms with Crippen molar-refractivity contribution in [2.75, 3.05) is 6.54 Å². The summed E-state index contributed by atoms with van der Waals surface area (Å²) in [4.78, 5) is 14.2. The summed E-state index contributed by atoms with van der Waals surface area (Å²) in [5.74, 6) is -1.000.